The number of hydrogen-bond acceptors (Lipinski definition) is 2. The van der Waals surface area contributed by atoms with Gasteiger partial charge in [0.15, 0.2) is 0 Å². The molecule has 1 fully saturated rings. The van der Waals surface area contributed by atoms with E-state index >= 15 is 0 Å². The standard InChI is InChI=1S/C9H8BrNO2/c10-8-3-7(6-1-2-6)4-9(5-8)11(12)13/h3-6H,1-2H2. The van der Waals surface area contributed by atoms with Gasteiger partial charge >= 0.3 is 0 Å². The molecule has 0 spiro atoms. The molecular formula is C9H8BrNO2. The maximum atomic E-state index is 10.5. The molecule has 68 valence electrons. The molecule has 1 aliphatic carbocycles. The van der Waals surface area contributed by atoms with Crippen molar-refractivity contribution in [2.45, 2.75) is 18.8 Å². The summed E-state index contributed by atoms with van der Waals surface area (Å²) in [6.45, 7) is 0. The first-order chi connectivity index (χ1) is 6.16. The molecule has 1 aromatic rings. The first-order valence-corrected chi connectivity index (χ1v) is 4.91. The van der Waals surface area contributed by atoms with Crippen LogP contribution in [0.4, 0.5) is 5.69 Å². The molecule has 0 aromatic heterocycles. The number of nitrogens with zero attached hydrogens (tertiary/aromatic N) is 1. The largest absolute Gasteiger partial charge is 0.270 e. The van der Waals surface area contributed by atoms with E-state index in [1.165, 1.54) is 6.07 Å². The monoisotopic (exact) mass is 241 g/mol. The van der Waals surface area contributed by atoms with Crippen LogP contribution in [0.3, 0.4) is 0 Å². The van der Waals surface area contributed by atoms with Gasteiger partial charge in [0.05, 0.1) is 4.92 Å². The molecular weight excluding hydrogens is 234 g/mol. The molecule has 3 nitrogen and oxygen atoms in total. The van der Waals surface area contributed by atoms with Crippen LogP contribution < -0.4 is 0 Å². The fourth-order valence-corrected chi connectivity index (χ4v) is 1.85. The molecule has 0 aliphatic heterocycles. The van der Waals surface area contributed by atoms with Gasteiger partial charge in [-0.15, -0.1) is 0 Å². The predicted molar refractivity (Wildman–Crippen MR) is 52.8 cm³/mol. The van der Waals surface area contributed by atoms with Crippen molar-refractivity contribution in [2.75, 3.05) is 0 Å². The number of benzene rings is 1. The van der Waals surface area contributed by atoms with Crippen molar-refractivity contribution >= 4 is 21.6 Å². The lowest BCUT2D eigenvalue weighted by atomic mass is 10.1. The minimum atomic E-state index is -0.351. The van der Waals surface area contributed by atoms with Gasteiger partial charge in [0.2, 0.25) is 0 Å². The lowest BCUT2D eigenvalue weighted by molar-refractivity contribution is -0.385. The van der Waals surface area contributed by atoms with Crippen LogP contribution in [0.1, 0.15) is 24.3 Å². The number of hydrogen-bond donors (Lipinski definition) is 0. The van der Waals surface area contributed by atoms with E-state index in [1.54, 1.807) is 6.07 Å². The molecule has 1 saturated carbocycles. The highest BCUT2D eigenvalue weighted by Gasteiger charge is 2.25. The minimum Gasteiger partial charge on any atom is -0.258 e. The molecule has 1 aromatic carbocycles. The summed E-state index contributed by atoms with van der Waals surface area (Å²) in [5.41, 5.74) is 1.26. The molecule has 0 heterocycles. The van der Waals surface area contributed by atoms with Crippen molar-refractivity contribution in [3.8, 4) is 0 Å². The van der Waals surface area contributed by atoms with Crippen molar-refractivity contribution in [1.82, 2.24) is 0 Å². The van der Waals surface area contributed by atoms with Crippen LogP contribution >= 0.6 is 15.9 Å². The quantitative estimate of drug-likeness (QED) is 0.590. The molecule has 1 aliphatic rings. The van der Waals surface area contributed by atoms with Crippen LogP contribution in [-0.2, 0) is 0 Å². The Morgan fingerprint density at radius 2 is 2.08 bits per heavy atom. The molecule has 0 unspecified atom stereocenters. The van der Waals surface area contributed by atoms with Crippen molar-refractivity contribution in [3.05, 3.63) is 38.3 Å². The van der Waals surface area contributed by atoms with Crippen LogP contribution in [-0.4, -0.2) is 4.92 Å². The molecule has 13 heavy (non-hydrogen) atoms. The normalized spacial score (nSPS) is 15.8. The van der Waals surface area contributed by atoms with E-state index in [4.69, 9.17) is 0 Å². The van der Waals surface area contributed by atoms with Crippen molar-refractivity contribution in [1.29, 1.82) is 0 Å². The highest BCUT2D eigenvalue weighted by Crippen LogP contribution is 2.42. The number of non-ortho nitro benzene ring substituents is 1. The molecule has 0 atom stereocenters. The van der Waals surface area contributed by atoms with Crippen LogP contribution in [0.2, 0.25) is 0 Å². The SMILES string of the molecule is O=[N+]([O-])c1cc(Br)cc(C2CC2)c1. The summed E-state index contributed by atoms with van der Waals surface area (Å²) in [6.07, 6.45) is 2.32. The second-order valence-corrected chi connectivity index (χ2v) is 4.19. The molecule has 0 N–H and O–H groups in total. The zero-order chi connectivity index (χ0) is 9.42. The summed E-state index contributed by atoms with van der Waals surface area (Å²) in [6, 6.07) is 5.17. The number of nitro benzene ring substituents is 1. The molecule has 0 saturated heterocycles. The van der Waals surface area contributed by atoms with Gasteiger partial charge < -0.3 is 0 Å². The predicted octanol–water partition coefficient (Wildman–Crippen LogP) is 3.23. The third-order valence-electron chi connectivity index (χ3n) is 2.16. The Labute approximate surface area is 84.0 Å². The van der Waals surface area contributed by atoms with Crippen LogP contribution in [0.5, 0.6) is 0 Å². The van der Waals surface area contributed by atoms with Crippen LogP contribution in [0.15, 0.2) is 22.7 Å². The maximum absolute atomic E-state index is 10.5. The van der Waals surface area contributed by atoms with E-state index < -0.39 is 0 Å². The lowest BCUT2D eigenvalue weighted by Gasteiger charge is -1.99. The third-order valence-corrected chi connectivity index (χ3v) is 2.62. The summed E-state index contributed by atoms with van der Waals surface area (Å²) >= 11 is 3.27. The van der Waals surface area contributed by atoms with E-state index in [0.717, 1.165) is 22.9 Å². The van der Waals surface area contributed by atoms with Gasteiger partial charge in [-0.3, -0.25) is 10.1 Å². The van der Waals surface area contributed by atoms with Crippen LogP contribution in [0.25, 0.3) is 0 Å². The zero-order valence-electron chi connectivity index (χ0n) is 6.87. The van der Waals surface area contributed by atoms with Crippen molar-refractivity contribution < 1.29 is 4.92 Å². The molecule has 4 heteroatoms. The third kappa shape index (κ3) is 1.88. The summed E-state index contributed by atoms with van der Waals surface area (Å²) in [7, 11) is 0. The topological polar surface area (TPSA) is 43.1 Å². The molecule has 0 amide bonds. The maximum Gasteiger partial charge on any atom is 0.270 e. The summed E-state index contributed by atoms with van der Waals surface area (Å²) in [5.74, 6) is 0.552. The second-order valence-electron chi connectivity index (χ2n) is 3.27. The average Bonchev–Trinajstić information content (AvgIpc) is 2.85. The van der Waals surface area contributed by atoms with Crippen molar-refractivity contribution in [2.24, 2.45) is 0 Å². The fraction of sp³-hybridized carbons (Fsp3) is 0.333. The Hall–Kier alpha value is -0.900. The number of nitro groups is 1. The van der Waals surface area contributed by atoms with Crippen molar-refractivity contribution in [3.63, 3.8) is 0 Å². The number of halogens is 1. The zero-order valence-corrected chi connectivity index (χ0v) is 8.45. The van der Waals surface area contributed by atoms with Gasteiger partial charge in [0.25, 0.3) is 5.69 Å². The van der Waals surface area contributed by atoms with Gasteiger partial charge in [-0.25, -0.2) is 0 Å². The average molecular weight is 242 g/mol. The Bertz CT molecular complexity index is 361. The van der Waals surface area contributed by atoms with Gasteiger partial charge in [0.1, 0.15) is 0 Å². The van der Waals surface area contributed by atoms with E-state index in [1.807, 2.05) is 6.07 Å². The first kappa shape index (κ1) is 8.69. The number of rotatable bonds is 2. The molecule has 0 radical (unpaired) electrons. The smallest absolute Gasteiger partial charge is 0.258 e. The van der Waals surface area contributed by atoms with Gasteiger partial charge in [-0.1, -0.05) is 15.9 Å². The van der Waals surface area contributed by atoms with Gasteiger partial charge in [-0.2, -0.15) is 0 Å². The lowest BCUT2D eigenvalue weighted by Crippen LogP contribution is -1.89. The van der Waals surface area contributed by atoms with Gasteiger partial charge in [0, 0.05) is 16.6 Å². The molecule has 0 bridgehead atoms. The van der Waals surface area contributed by atoms with E-state index in [2.05, 4.69) is 15.9 Å². The first-order valence-electron chi connectivity index (χ1n) is 4.11. The summed E-state index contributed by atoms with van der Waals surface area (Å²) < 4.78 is 0.795. The Morgan fingerprint density at radius 3 is 2.62 bits per heavy atom. The van der Waals surface area contributed by atoms with E-state index in [9.17, 15) is 10.1 Å². The fourth-order valence-electron chi connectivity index (χ4n) is 1.35. The minimum absolute atomic E-state index is 0.177. The Kier molecular flexibility index (Phi) is 2.07. The summed E-state index contributed by atoms with van der Waals surface area (Å²) in [4.78, 5) is 10.2. The Morgan fingerprint density at radius 1 is 1.38 bits per heavy atom. The van der Waals surface area contributed by atoms with E-state index in [0.29, 0.717) is 5.92 Å². The van der Waals surface area contributed by atoms with Crippen LogP contribution in [0, 0.1) is 10.1 Å². The van der Waals surface area contributed by atoms with E-state index in [-0.39, 0.29) is 10.6 Å². The van der Waals surface area contributed by atoms with Gasteiger partial charge in [-0.05, 0) is 30.4 Å². The second kappa shape index (κ2) is 3.10. The highest BCUT2D eigenvalue weighted by atomic mass is 79.9. The molecule has 2 rings (SSSR count). The summed E-state index contributed by atoms with van der Waals surface area (Å²) in [5, 5.41) is 10.5. The highest BCUT2D eigenvalue weighted by molar-refractivity contribution is 9.10. The Balaban J connectivity index is 2.41.